The smallest absolute Gasteiger partial charge is 0.00423 e. The van der Waals surface area contributed by atoms with E-state index in [1.165, 1.54) is 0 Å². The molecule has 0 aromatic carbocycles. The molecule has 0 N–H and O–H groups in total. The van der Waals surface area contributed by atoms with Crippen LogP contribution in [0.2, 0.25) is 0 Å². The van der Waals surface area contributed by atoms with Crippen molar-refractivity contribution in [1.82, 2.24) is 0 Å². The predicted octanol–water partition coefficient (Wildman–Crippen LogP) is 1.74. The summed E-state index contributed by atoms with van der Waals surface area (Å²) in [5, 5.41) is 0. The molecular weight excluding hydrogens is 72.1 g/mol. The summed E-state index contributed by atoms with van der Waals surface area (Å²) in [6.07, 6.45) is 4.54. The third kappa shape index (κ3) is 3.52. The van der Waals surface area contributed by atoms with Crippen molar-refractivity contribution in [2.75, 3.05) is 0 Å². The highest BCUT2D eigenvalue weighted by Gasteiger charge is 1.65. The molecule has 0 spiro atoms. The van der Waals surface area contributed by atoms with Crippen molar-refractivity contribution >= 4 is 0 Å². The Morgan fingerprint density at radius 1 is 1.50 bits per heavy atom. The van der Waals surface area contributed by atoms with Gasteiger partial charge in [0.25, 0.3) is 0 Å². The second kappa shape index (κ2) is 4.52. The zero-order chi connectivity index (χ0) is 4.83. The van der Waals surface area contributed by atoms with E-state index in [-0.39, 0.29) is 0 Å². The number of unbranched alkanes of at least 4 members (excludes halogenated alkanes) is 1. The minimum Gasteiger partial charge on any atom is -0.124 e. The summed E-state index contributed by atoms with van der Waals surface area (Å²) in [5.41, 5.74) is 2.53. The lowest BCUT2D eigenvalue weighted by atomic mass is 10.3. The Labute approximate surface area is 39.2 Å². The molecule has 0 saturated carbocycles. The molecule has 0 amide bonds. The molecule has 0 atom stereocenters. The Hall–Kier alpha value is -0.480. The first kappa shape index (κ1) is 5.52. The van der Waals surface area contributed by atoms with Gasteiger partial charge in [-0.3, -0.25) is 0 Å². The first-order valence-electron chi connectivity index (χ1n) is 1.96. The van der Waals surface area contributed by atoms with Gasteiger partial charge < -0.3 is 0 Å². The van der Waals surface area contributed by atoms with Crippen LogP contribution >= 0.6 is 0 Å². The molecule has 0 rings (SSSR count). The van der Waals surface area contributed by atoms with E-state index in [0.29, 0.717) is 0 Å². The van der Waals surface area contributed by atoms with Gasteiger partial charge in [-0.2, -0.15) is 0 Å². The summed E-state index contributed by atoms with van der Waals surface area (Å²) < 4.78 is 0. The van der Waals surface area contributed by atoms with Crippen molar-refractivity contribution in [3.8, 4) is 0 Å². The molecule has 0 fully saturated rings. The van der Waals surface area contributed by atoms with Crippen LogP contribution in [0, 0.1) is 13.0 Å². The van der Waals surface area contributed by atoms with Crippen LogP contribution < -0.4 is 0 Å². The van der Waals surface area contributed by atoms with Gasteiger partial charge in [-0.15, -0.1) is 5.73 Å². The van der Waals surface area contributed by atoms with Gasteiger partial charge in [0, 0.05) is 6.08 Å². The van der Waals surface area contributed by atoms with E-state index in [2.05, 4.69) is 25.3 Å². The quantitative estimate of drug-likeness (QED) is 0.443. The molecular formula is C6H8. The van der Waals surface area contributed by atoms with E-state index in [4.69, 9.17) is 0 Å². The molecule has 0 heteroatoms. The van der Waals surface area contributed by atoms with Gasteiger partial charge in [-0.25, -0.2) is 0 Å². The monoisotopic (exact) mass is 80.1 g/mol. The van der Waals surface area contributed by atoms with Crippen LogP contribution in [0.4, 0.5) is 0 Å². The van der Waals surface area contributed by atoms with Crippen LogP contribution in [0.15, 0.2) is 12.3 Å². The lowest BCUT2D eigenvalue weighted by molar-refractivity contribution is 1.03. The highest BCUT2D eigenvalue weighted by Crippen LogP contribution is 1.81. The van der Waals surface area contributed by atoms with Crippen molar-refractivity contribution in [3.63, 3.8) is 0 Å². The van der Waals surface area contributed by atoms with Crippen molar-refractivity contribution < 1.29 is 0 Å². The van der Waals surface area contributed by atoms with Crippen molar-refractivity contribution in [2.24, 2.45) is 0 Å². The zero-order valence-corrected chi connectivity index (χ0v) is 3.83. The average molecular weight is 80.1 g/mol. The van der Waals surface area contributed by atoms with Crippen LogP contribution in [0.3, 0.4) is 0 Å². The van der Waals surface area contributed by atoms with Crippen molar-refractivity contribution in [3.05, 3.63) is 25.3 Å². The van der Waals surface area contributed by atoms with Crippen LogP contribution in [-0.2, 0) is 0 Å². The molecule has 2 radical (unpaired) electrons. The standard InChI is InChI=1S/C6H8/c1-3-5-6-4-2/h1-3,5H2. The molecule has 0 aromatic rings. The van der Waals surface area contributed by atoms with E-state index in [1.807, 2.05) is 0 Å². The number of allylic oxidation sites excluding steroid dienone is 1. The molecule has 0 saturated heterocycles. The summed E-state index contributed by atoms with van der Waals surface area (Å²) in [6, 6.07) is 0. The summed E-state index contributed by atoms with van der Waals surface area (Å²) in [6.45, 7) is 6.93. The van der Waals surface area contributed by atoms with Crippen LogP contribution in [0.1, 0.15) is 12.8 Å². The lowest BCUT2D eigenvalue weighted by Crippen LogP contribution is -1.55. The predicted molar refractivity (Wildman–Crippen MR) is 27.0 cm³/mol. The SMILES string of the molecule is [CH2]CC[C]=C=C. The Bertz CT molecular complexity index is 56.4. The average Bonchev–Trinajstić information content (AvgIpc) is 1.61. The lowest BCUT2D eigenvalue weighted by Gasteiger charge is -1.71. The van der Waals surface area contributed by atoms with E-state index in [1.54, 1.807) is 0 Å². The first-order valence-corrected chi connectivity index (χ1v) is 1.96. The number of rotatable bonds is 2. The fraction of sp³-hybridized carbons (Fsp3) is 0.333. The van der Waals surface area contributed by atoms with Gasteiger partial charge >= 0.3 is 0 Å². The molecule has 0 aliphatic rings. The Kier molecular flexibility index (Phi) is 4.16. The molecule has 0 aliphatic carbocycles. The zero-order valence-electron chi connectivity index (χ0n) is 3.83. The molecule has 0 heterocycles. The van der Waals surface area contributed by atoms with E-state index >= 15 is 0 Å². The Morgan fingerprint density at radius 3 is 2.33 bits per heavy atom. The van der Waals surface area contributed by atoms with Gasteiger partial charge in [0.1, 0.15) is 0 Å². The second-order valence-corrected chi connectivity index (χ2v) is 0.957. The van der Waals surface area contributed by atoms with Gasteiger partial charge in [-0.05, 0) is 12.8 Å². The molecule has 32 valence electrons. The summed E-state index contributed by atoms with van der Waals surface area (Å²) in [4.78, 5) is 0. The molecule has 0 unspecified atom stereocenters. The van der Waals surface area contributed by atoms with E-state index in [0.717, 1.165) is 12.8 Å². The van der Waals surface area contributed by atoms with Crippen molar-refractivity contribution in [1.29, 1.82) is 0 Å². The summed E-state index contributed by atoms with van der Waals surface area (Å²) in [5.74, 6) is 0. The topological polar surface area (TPSA) is 0 Å². The maximum Gasteiger partial charge on any atom is 0.00423 e. The third-order valence-electron chi connectivity index (χ3n) is 0.427. The maximum atomic E-state index is 3.59. The Balaban J connectivity index is 2.86. The maximum absolute atomic E-state index is 3.59. The molecule has 6 heavy (non-hydrogen) atoms. The van der Waals surface area contributed by atoms with Crippen molar-refractivity contribution in [2.45, 2.75) is 12.8 Å². The molecule has 0 aromatic heterocycles. The number of hydrogen-bond acceptors (Lipinski definition) is 0. The molecule has 0 bridgehead atoms. The fourth-order valence-corrected chi connectivity index (χ4v) is 0.177. The normalized spacial score (nSPS) is 6.83. The van der Waals surface area contributed by atoms with E-state index in [9.17, 15) is 0 Å². The summed E-state index contributed by atoms with van der Waals surface area (Å²) >= 11 is 0. The molecule has 0 nitrogen and oxygen atoms in total. The minimum atomic E-state index is 0.878. The highest BCUT2D eigenvalue weighted by atomic mass is 13.7. The second-order valence-electron chi connectivity index (χ2n) is 0.957. The van der Waals surface area contributed by atoms with Crippen LogP contribution in [-0.4, -0.2) is 0 Å². The summed E-state index contributed by atoms with van der Waals surface area (Å²) in [7, 11) is 0. The van der Waals surface area contributed by atoms with Gasteiger partial charge in [0.2, 0.25) is 0 Å². The van der Waals surface area contributed by atoms with Crippen LogP contribution in [0.5, 0.6) is 0 Å². The highest BCUT2D eigenvalue weighted by molar-refractivity contribution is 4.65. The van der Waals surface area contributed by atoms with Gasteiger partial charge in [0.05, 0.1) is 0 Å². The fourth-order valence-electron chi connectivity index (χ4n) is 0.177. The third-order valence-corrected chi connectivity index (χ3v) is 0.427. The van der Waals surface area contributed by atoms with Gasteiger partial charge in [0.15, 0.2) is 0 Å². The number of hydrogen-bond donors (Lipinski definition) is 0. The van der Waals surface area contributed by atoms with E-state index < -0.39 is 0 Å². The van der Waals surface area contributed by atoms with Crippen LogP contribution in [0.25, 0.3) is 0 Å². The largest absolute Gasteiger partial charge is 0.124 e. The first-order chi connectivity index (χ1) is 2.91. The van der Waals surface area contributed by atoms with Gasteiger partial charge in [-0.1, -0.05) is 13.5 Å². The molecule has 0 aliphatic heterocycles. The Morgan fingerprint density at radius 2 is 2.17 bits per heavy atom. The minimum absolute atomic E-state index is 0.878.